The molecule has 100 valence electrons. The molecule has 0 heterocycles. The third-order valence-corrected chi connectivity index (χ3v) is 3.65. The molecule has 1 amide bonds. The normalized spacial score (nSPS) is 13.2. The molecule has 18 heavy (non-hydrogen) atoms. The second kappa shape index (κ2) is 6.58. The van der Waals surface area contributed by atoms with Gasteiger partial charge in [-0.1, -0.05) is 60.4 Å². The molecular formula is C14H19BrClNO. The van der Waals surface area contributed by atoms with Crippen LogP contribution in [0.1, 0.15) is 37.6 Å². The molecule has 1 N–H and O–H groups in total. The zero-order valence-corrected chi connectivity index (χ0v) is 13.3. The van der Waals surface area contributed by atoms with E-state index in [-0.39, 0.29) is 17.4 Å². The number of halogens is 2. The van der Waals surface area contributed by atoms with Crippen molar-refractivity contribution in [3.05, 3.63) is 34.9 Å². The number of carbonyl (C=O) groups excluding carboxylic acids is 1. The molecule has 0 aliphatic rings. The van der Waals surface area contributed by atoms with Crippen molar-refractivity contribution in [1.29, 1.82) is 0 Å². The molecule has 0 bridgehead atoms. The smallest absolute Gasteiger partial charge is 0.253 e. The molecular weight excluding hydrogens is 314 g/mol. The fraction of sp³-hybridized carbons (Fsp3) is 0.500. The largest absolute Gasteiger partial charge is 0.349 e. The maximum atomic E-state index is 12.2. The van der Waals surface area contributed by atoms with Crippen molar-refractivity contribution in [2.24, 2.45) is 5.41 Å². The predicted molar refractivity (Wildman–Crippen MR) is 80.6 cm³/mol. The topological polar surface area (TPSA) is 29.1 Å². The number of carbonyl (C=O) groups is 1. The Morgan fingerprint density at radius 2 is 2.00 bits per heavy atom. The molecule has 4 heteroatoms. The van der Waals surface area contributed by atoms with Crippen LogP contribution in [0.5, 0.6) is 0 Å². The van der Waals surface area contributed by atoms with Crippen LogP contribution in [0, 0.1) is 5.41 Å². The van der Waals surface area contributed by atoms with Crippen LogP contribution in [0.15, 0.2) is 24.3 Å². The van der Waals surface area contributed by atoms with Gasteiger partial charge in [-0.15, -0.1) is 0 Å². The average molecular weight is 333 g/mol. The van der Waals surface area contributed by atoms with E-state index in [9.17, 15) is 4.79 Å². The first-order valence-electron chi connectivity index (χ1n) is 5.97. The number of hydrogen-bond donors (Lipinski definition) is 1. The summed E-state index contributed by atoms with van der Waals surface area (Å²) in [6.45, 7) is 6.35. The predicted octanol–water partition coefficient (Wildman–Crippen LogP) is 4.27. The van der Waals surface area contributed by atoms with Gasteiger partial charge in [-0.3, -0.25) is 4.79 Å². The van der Waals surface area contributed by atoms with Gasteiger partial charge in [-0.2, -0.15) is 0 Å². The standard InChI is InChI=1S/C14H19BrClNO/c1-14(2,3)12(8-9-15)17-13(18)10-6-4-5-7-11(10)16/h4-7,12H,8-9H2,1-3H3,(H,17,18). The van der Waals surface area contributed by atoms with Gasteiger partial charge >= 0.3 is 0 Å². The number of benzene rings is 1. The van der Waals surface area contributed by atoms with E-state index in [1.165, 1.54) is 0 Å². The third kappa shape index (κ3) is 4.29. The Bertz CT molecular complexity index is 415. The second-order valence-corrected chi connectivity index (χ2v) is 6.55. The number of alkyl halides is 1. The van der Waals surface area contributed by atoms with Gasteiger partial charge < -0.3 is 5.32 Å². The summed E-state index contributed by atoms with van der Waals surface area (Å²) in [5.41, 5.74) is 0.549. The summed E-state index contributed by atoms with van der Waals surface area (Å²) in [4.78, 5) is 12.2. The molecule has 0 radical (unpaired) electrons. The van der Waals surface area contributed by atoms with E-state index in [0.717, 1.165) is 11.8 Å². The minimum absolute atomic E-state index is 0.0185. The van der Waals surface area contributed by atoms with Gasteiger partial charge in [0.05, 0.1) is 10.6 Å². The van der Waals surface area contributed by atoms with Crippen LogP contribution in [-0.2, 0) is 0 Å². The van der Waals surface area contributed by atoms with Gasteiger partial charge in [0.1, 0.15) is 0 Å². The van der Waals surface area contributed by atoms with E-state index >= 15 is 0 Å². The molecule has 1 rings (SSSR count). The lowest BCUT2D eigenvalue weighted by atomic mass is 9.85. The zero-order valence-electron chi connectivity index (χ0n) is 11.0. The molecule has 1 unspecified atom stereocenters. The van der Waals surface area contributed by atoms with E-state index in [4.69, 9.17) is 11.6 Å². The molecule has 2 nitrogen and oxygen atoms in total. The lowest BCUT2D eigenvalue weighted by molar-refractivity contribution is 0.0901. The van der Waals surface area contributed by atoms with Crippen LogP contribution in [0.2, 0.25) is 5.02 Å². The van der Waals surface area contributed by atoms with Crippen molar-refractivity contribution in [3.63, 3.8) is 0 Å². The molecule has 0 spiro atoms. The van der Waals surface area contributed by atoms with Gasteiger partial charge in [0.2, 0.25) is 0 Å². The Morgan fingerprint density at radius 3 is 2.50 bits per heavy atom. The lowest BCUT2D eigenvalue weighted by Gasteiger charge is -2.31. The highest BCUT2D eigenvalue weighted by Crippen LogP contribution is 2.23. The maximum absolute atomic E-state index is 12.2. The van der Waals surface area contributed by atoms with Crippen molar-refractivity contribution >= 4 is 33.4 Å². The second-order valence-electron chi connectivity index (χ2n) is 5.35. The zero-order chi connectivity index (χ0) is 13.8. The summed E-state index contributed by atoms with van der Waals surface area (Å²) < 4.78 is 0. The summed E-state index contributed by atoms with van der Waals surface area (Å²) >= 11 is 9.45. The molecule has 1 aromatic carbocycles. The Labute approximate surface area is 122 Å². The first-order valence-corrected chi connectivity index (χ1v) is 7.47. The highest BCUT2D eigenvalue weighted by atomic mass is 79.9. The Hall–Kier alpha value is -0.540. The molecule has 0 aliphatic carbocycles. The van der Waals surface area contributed by atoms with E-state index in [0.29, 0.717) is 10.6 Å². The van der Waals surface area contributed by atoms with Crippen LogP contribution in [0.3, 0.4) is 0 Å². The van der Waals surface area contributed by atoms with E-state index < -0.39 is 0 Å². The molecule has 0 aromatic heterocycles. The maximum Gasteiger partial charge on any atom is 0.253 e. The number of hydrogen-bond acceptors (Lipinski definition) is 1. The van der Waals surface area contributed by atoms with Crippen molar-refractivity contribution in [2.75, 3.05) is 5.33 Å². The Kier molecular flexibility index (Phi) is 5.67. The molecule has 0 saturated heterocycles. The van der Waals surface area contributed by atoms with Crippen molar-refractivity contribution in [3.8, 4) is 0 Å². The molecule has 0 saturated carbocycles. The van der Waals surface area contributed by atoms with Crippen LogP contribution in [-0.4, -0.2) is 17.3 Å². The van der Waals surface area contributed by atoms with Crippen LogP contribution in [0.25, 0.3) is 0 Å². The monoisotopic (exact) mass is 331 g/mol. The van der Waals surface area contributed by atoms with Gasteiger partial charge in [0.15, 0.2) is 0 Å². The SMILES string of the molecule is CC(C)(C)C(CCBr)NC(=O)c1ccccc1Cl. The van der Waals surface area contributed by atoms with E-state index in [1.807, 2.05) is 12.1 Å². The number of nitrogens with one attached hydrogen (secondary N) is 1. The average Bonchev–Trinajstić information content (AvgIpc) is 2.27. The molecule has 1 atom stereocenters. The van der Waals surface area contributed by atoms with Gasteiger partial charge in [0, 0.05) is 11.4 Å². The van der Waals surface area contributed by atoms with Crippen molar-refractivity contribution < 1.29 is 4.79 Å². The quantitative estimate of drug-likeness (QED) is 0.820. The van der Waals surface area contributed by atoms with Gasteiger partial charge in [-0.05, 0) is 24.0 Å². The van der Waals surface area contributed by atoms with Gasteiger partial charge in [0.25, 0.3) is 5.91 Å². The Balaban J connectivity index is 2.82. The summed E-state index contributed by atoms with van der Waals surface area (Å²) in [6.07, 6.45) is 0.889. The minimum Gasteiger partial charge on any atom is -0.349 e. The van der Waals surface area contributed by atoms with Gasteiger partial charge in [-0.25, -0.2) is 0 Å². The summed E-state index contributed by atoms with van der Waals surface area (Å²) in [5.74, 6) is -0.110. The van der Waals surface area contributed by atoms with Crippen molar-refractivity contribution in [2.45, 2.75) is 33.2 Å². The van der Waals surface area contributed by atoms with Crippen LogP contribution in [0.4, 0.5) is 0 Å². The van der Waals surface area contributed by atoms with E-state index in [2.05, 4.69) is 42.0 Å². The number of rotatable bonds is 4. The van der Waals surface area contributed by atoms with Crippen molar-refractivity contribution in [1.82, 2.24) is 5.32 Å². The number of amides is 1. The third-order valence-electron chi connectivity index (χ3n) is 2.87. The van der Waals surface area contributed by atoms with Crippen LogP contribution < -0.4 is 5.32 Å². The molecule has 0 aliphatic heterocycles. The molecule has 0 fully saturated rings. The minimum atomic E-state index is -0.110. The fourth-order valence-corrected chi connectivity index (χ4v) is 2.39. The summed E-state index contributed by atoms with van der Waals surface area (Å²) in [5, 5.41) is 4.41. The highest BCUT2D eigenvalue weighted by molar-refractivity contribution is 9.09. The first kappa shape index (κ1) is 15.5. The lowest BCUT2D eigenvalue weighted by Crippen LogP contribution is -2.44. The first-order chi connectivity index (χ1) is 8.36. The summed E-state index contributed by atoms with van der Waals surface area (Å²) in [7, 11) is 0. The highest BCUT2D eigenvalue weighted by Gasteiger charge is 2.26. The fourth-order valence-electron chi connectivity index (χ4n) is 1.71. The molecule has 1 aromatic rings. The van der Waals surface area contributed by atoms with E-state index in [1.54, 1.807) is 12.1 Å². The van der Waals surface area contributed by atoms with Crippen LogP contribution >= 0.6 is 27.5 Å². The Morgan fingerprint density at radius 1 is 1.39 bits per heavy atom. The summed E-state index contributed by atoms with van der Waals surface area (Å²) in [6, 6.07) is 7.22.